The molecule has 2 fully saturated rings. The molecule has 2 aromatic rings. The summed E-state index contributed by atoms with van der Waals surface area (Å²) in [4.78, 5) is 18.9. The van der Waals surface area contributed by atoms with Crippen LogP contribution in [-0.2, 0) is 10.0 Å². The molecule has 1 amide bonds. The third kappa shape index (κ3) is 4.27. The number of piperidine rings is 2. The summed E-state index contributed by atoms with van der Waals surface area (Å²) in [6, 6.07) is 4.93. The normalized spacial score (nSPS) is 18.6. The van der Waals surface area contributed by atoms with Crippen LogP contribution in [0.4, 0.5) is 11.6 Å². The van der Waals surface area contributed by atoms with Crippen molar-refractivity contribution in [2.75, 3.05) is 36.4 Å². The molecule has 0 atom stereocenters. The molecule has 4 rings (SSSR count). The molecular weight excluding hydrogens is 392 g/mol. The number of carbonyl (C=O) groups excluding carboxylic acids is 1. The molecule has 0 unspecified atom stereocenters. The SMILES string of the molecule is O=C(Nc1ncn[nH]1)c1ccc(N2CCCCC2)c(S(=O)(=O)N2CCCCC2)c1. The standard InChI is InChI=1S/C19H26N6O3S/c26-18(22-19-20-14-21-23-19)15-7-8-16(24-9-3-1-4-10-24)17(13-15)29(27,28)25-11-5-2-6-12-25/h7-8,13-14H,1-6,9-12H2,(H2,20,21,22,23,26). The minimum atomic E-state index is -3.68. The van der Waals surface area contributed by atoms with Gasteiger partial charge in [0.1, 0.15) is 11.2 Å². The molecule has 2 aliphatic rings. The molecule has 1 aromatic carbocycles. The number of benzene rings is 1. The molecule has 2 N–H and O–H groups in total. The van der Waals surface area contributed by atoms with Crippen LogP contribution in [-0.4, -0.2) is 60.0 Å². The van der Waals surface area contributed by atoms with Gasteiger partial charge >= 0.3 is 0 Å². The van der Waals surface area contributed by atoms with Crippen LogP contribution in [0, 0.1) is 0 Å². The van der Waals surface area contributed by atoms with Crippen LogP contribution in [0.1, 0.15) is 48.9 Å². The highest BCUT2D eigenvalue weighted by Crippen LogP contribution is 2.32. The Kier molecular flexibility index (Phi) is 5.81. The summed E-state index contributed by atoms with van der Waals surface area (Å²) in [6.07, 6.45) is 7.30. The topological polar surface area (TPSA) is 111 Å². The lowest BCUT2D eigenvalue weighted by molar-refractivity contribution is 0.102. The van der Waals surface area contributed by atoms with E-state index in [1.165, 1.54) is 12.4 Å². The molecule has 29 heavy (non-hydrogen) atoms. The Balaban J connectivity index is 1.70. The van der Waals surface area contributed by atoms with Gasteiger partial charge in [0.2, 0.25) is 16.0 Å². The van der Waals surface area contributed by atoms with E-state index in [1.54, 1.807) is 16.4 Å². The molecular formula is C19H26N6O3S. The fourth-order valence-corrected chi connectivity index (χ4v) is 5.70. The monoisotopic (exact) mass is 418 g/mol. The molecule has 0 bridgehead atoms. The Hall–Kier alpha value is -2.46. The summed E-state index contributed by atoms with van der Waals surface area (Å²) in [7, 11) is -3.68. The maximum atomic E-state index is 13.5. The average Bonchev–Trinajstić information content (AvgIpc) is 3.27. The van der Waals surface area contributed by atoms with Crippen LogP contribution in [0.3, 0.4) is 0 Å². The number of H-pyrrole nitrogens is 1. The van der Waals surface area contributed by atoms with E-state index < -0.39 is 15.9 Å². The van der Waals surface area contributed by atoms with Crippen LogP contribution in [0.15, 0.2) is 29.4 Å². The first-order chi connectivity index (χ1) is 14.1. The van der Waals surface area contributed by atoms with E-state index in [-0.39, 0.29) is 16.4 Å². The van der Waals surface area contributed by atoms with Gasteiger partial charge in [0.15, 0.2) is 0 Å². The molecule has 0 spiro atoms. The van der Waals surface area contributed by atoms with Crippen molar-refractivity contribution >= 4 is 27.6 Å². The second-order valence-corrected chi connectivity index (χ2v) is 9.39. The molecule has 1 aromatic heterocycles. The zero-order chi connectivity index (χ0) is 20.3. The number of hydrogen-bond donors (Lipinski definition) is 2. The van der Waals surface area contributed by atoms with Crippen LogP contribution >= 0.6 is 0 Å². The van der Waals surface area contributed by atoms with Gasteiger partial charge in [0.25, 0.3) is 5.91 Å². The number of nitrogens with one attached hydrogen (secondary N) is 2. The molecule has 0 saturated carbocycles. The molecule has 2 aliphatic heterocycles. The fraction of sp³-hybridized carbons (Fsp3) is 0.526. The maximum absolute atomic E-state index is 13.5. The largest absolute Gasteiger partial charge is 0.370 e. The van der Waals surface area contributed by atoms with Crippen molar-refractivity contribution < 1.29 is 13.2 Å². The van der Waals surface area contributed by atoms with E-state index in [4.69, 9.17) is 0 Å². The second kappa shape index (κ2) is 8.50. The first kappa shape index (κ1) is 19.8. The Bertz CT molecular complexity index is 948. The zero-order valence-electron chi connectivity index (χ0n) is 16.3. The van der Waals surface area contributed by atoms with Crippen LogP contribution in [0.2, 0.25) is 0 Å². The minimum Gasteiger partial charge on any atom is -0.370 e. The van der Waals surface area contributed by atoms with Crippen LogP contribution in [0.5, 0.6) is 0 Å². The van der Waals surface area contributed by atoms with E-state index in [9.17, 15) is 13.2 Å². The fourth-order valence-electron chi connectivity index (χ4n) is 3.95. The number of nitrogens with zero attached hydrogens (tertiary/aromatic N) is 4. The lowest BCUT2D eigenvalue weighted by Crippen LogP contribution is -2.37. The van der Waals surface area contributed by atoms with Crippen LogP contribution in [0.25, 0.3) is 0 Å². The minimum absolute atomic E-state index is 0.214. The molecule has 2 saturated heterocycles. The van der Waals surface area contributed by atoms with Gasteiger partial charge in [-0.3, -0.25) is 10.1 Å². The van der Waals surface area contributed by atoms with E-state index in [0.29, 0.717) is 18.8 Å². The quantitative estimate of drug-likeness (QED) is 0.770. The summed E-state index contributed by atoms with van der Waals surface area (Å²) in [6.45, 7) is 2.70. The van der Waals surface area contributed by atoms with Crippen molar-refractivity contribution in [3.05, 3.63) is 30.1 Å². The smallest absolute Gasteiger partial charge is 0.258 e. The number of anilines is 2. The molecule has 0 aliphatic carbocycles. The van der Waals surface area contributed by atoms with Crippen molar-refractivity contribution in [3.63, 3.8) is 0 Å². The van der Waals surface area contributed by atoms with E-state index in [2.05, 4.69) is 25.4 Å². The van der Waals surface area contributed by atoms with Gasteiger partial charge in [-0.15, -0.1) is 0 Å². The first-order valence-corrected chi connectivity index (χ1v) is 11.6. The Morgan fingerprint density at radius 3 is 2.34 bits per heavy atom. The Labute approximate surface area is 170 Å². The number of aromatic nitrogens is 3. The summed E-state index contributed by atoms with van der Waals surface area (Å²) < 4.78 is 28.5. The highest BCUT2D eigenvalue weighted by Gasteiger charge is 2.31. The number of rotatable bonds is 5. The predicted octanol–water partition coefficient (Wildman–Crippen LogP) is 2.22. The highest BCUT2D eigenvalue weighted by atomic mass is 32.2. The van der Waals surface area contributed by atoms with Crippen molar-refractivity contribution in [1.29, 1.82) is 0 Å². The van der Waals surface area contributed by atoms with Gasteiger partial charge in [-0.05, 0) is 50.3 Å². The Morgan fingerprint density at radius 1 is 1.00 bits per heavy atom. The summed E-state index contributed by atoms with van der Waals surface area (Å²) in [5, 5.41) is 8.88. The third-order valence-electron chi connectivity index (χ3n) is 5.50. The molecule has 3 heterocycles. The predicted molar refractivity (Wildman–Crippen MR) is 109 cm³/mol. The van der Waals surface area contributed by atoms with Crippen molar-refractivity contribution in [1.82, 2.24) is 19.5 Å². The lowest BCUT2D eigenvalue weighted by Gasteiger charge is -2.33. The molecule has 0 radical (unpaired) electrons. The van der Waals surface area contributed by atoms with Crippen molar-refractivity contribution in [2.24, 2.45) is 0 Å². The van der Waals surface area contributed by atoms with Gasteiger partial charge in [0, 0.05) is 31.7 Å². The summed E-state index contributed by atoms with van der Waals surface area (Å²) in [5.41, 5.74) is 0.962. The second-order valence-electron chi connectivity index (χ2n) is 7.48. The van der Waals surface area contributed by atoms with Gasteiger partial charge < -0.3 is 4.90 Å². The highest BCUT2D eigenvalue weighted by molar-refractivity contribution is 7.89. The number of amides is 1. The summed E-state index contributed by atoms with van der Waals surface area (Å²) >= 11 is 0. The zero-order valence-corrected chi connectivity index (χ0v) is 17.1. The number of aromatic amines is 1. The first-order valence-electron chi connectivity index (χ1n) is 10.1. The Morgan fingerprint density at radius 2 is 1.69 bits per heavy atom. The third-order valence-corrected chi connectivity index (χ3v) is 7.43. The van der Waals surface area contributed by atoms with E-state index >= 15 is 0 Å². The van der Waals surface area contributed by atoms with E-state index in [1.807, 2.05) is 0 Å². The molecule has 10 heteroatoms. The molecule has 156 valence electrons. The van der Waals surface area contributed by atoms with Gasteiger partial charge in [-0.25, -0.2) is 13.5 Å². The lowest BCUT2D eigenvalue weighted by atomic mass is 10.1. The number of carbonyl (C=O) groups is 1. The van der Waals surface area contributed by atoms with Crippen LogP contribution < -0.4 is 10.2 Å². The maximum Gasteiger partial charge on any atom is 0.258 e. The average molecular weight is 419 g/mol. The number of sulfonamides is 1. The van der Waals surface area contributed by atoms with Gasteiger partial charge in [0.05, 0.1) is 5.69 Å². The number of hydrogen-bond acceptors (Lipinski definition) is 6. The van der Waals surface area contributed by atoms with E-state index in [0.717, 1.165) is 51.6 Å². The molecule has 9 nitrogen and oxygen atoms in total. The van der Waals surface area contributed by atoms with Gasteiger partial charge in [-0.1, -0.05) is 6.42 Å². The van der Waals surface area contributed by atoms with Crippen molar-refractivity contribution in [2.45, 2.75) is 43.4 Å². The summed E-state index contributed by atoms with van der Waals surface area (Å²) in [5.74, 6) is -0.211. The van der Waals surface area contributed by atoms with Gasteiger partial charge in [-0.2, -0.15) is 14.4 Å². The van der Waals surface area contributed by atoms with Crippen molar-refractivity contribution in [3.8, 4) is 0 Å².